The van der Waals surface area contributed by atoms with Crippen molar-refractivity contribution < 1.29 is 24.5 Å². The van der Waals surface area contributed by atoms with Crippen molar-refractivity contribution in [3.05, 3.63) is 70.3 Å². The maximum Gasteiger partial charge on any atom is 0.341 e. The fraction of sp³-hybridized carbons (Fsp3) is 0.484. The number of carbonyl (C=O) groups excluding carboxylic acids is 1. The van der Waals surface area contributed by atoms with E-state index in [1.165, 1.54) is 17.4 Å². The average molecular weight is 555 g/mol. The van der Waals surface area contributed by atoms with Gasteiger partial charge in [-0.3, -0.25) is 4.79 Å². The number of aliphatic hydroxyl groups is 1. The Morgan fingerprint density at radius 1 is 1.03 bits per heavy atom. The molecule has 0 radical (unpaired) electrons. The lowest BCUT2D eigenvalue weighted by molar-refractivity contribution is -0.172. The van der Waals surface area contributed by atoms with Gasteiger partial charge < -0.3 is 24.7 Å². The molecule has 2 bridgehead atoms. The molecule has 2 N–H and O–H groups in total. The van der Waals surface area contributed by atoms with Crippen molar-refractivity contribution in [2.24, 2.45) is 5.92 Å². The maximum atomic E-state index is 13.2. The van der Waals surface area contributed by atoms with Crippen LogP contribution in [-0.4, -0.2) is 53.7 Å². The van der Waals surface area contributed by atoms with Crippen LogP contribution in [0, 0.1) is 5.92 Å². The second-order valence-corrected chi connectivity index (χ2v) is 11.1. The van der Waals surface area contributed by atoms with Gasteiger partial charge in [-0.05, 0) is 86.4 Å². The molecule has 2 aliphatic rings. The third kappa shape index (κ3) is 6.59. The molecule has 0 saturated carbocycles. The highest BCUT2D eigenvalue weighted by Gasteiger charge is 2.48. The van der Waals surface area contributed by atoms with Gasteiger partial charge in [0.2, 0.25) is 5.91 Å². The number of amides is 1. The zero-order valence-corrected chi connectivity index (χ0v) is 23.6. The highest BCUT2D eigenvalue weighted by Crippen LogP contribution is 2.39. The molecule has 1 amide bonds. The van der Waals surface area contributed by atoms with Crippen molar-refractivity contribution in [1.29, 1.82) is 0 Å². The minimum Gasteiger partial charge on any atom is -0.487 e. The van der Waals surface area contributed by atoms with E-state index in [9.17, 15) is 19.8 Å². The number of anilines is 1. The highest BCUT2D eigenvalue weighted by atomic mass is 35.5. The van der Waals surface area contributed by atoms with Crippen LogP contribution >= 0.6 is 11.6 Å². The van der Waals surface area contributed by atoms with Crippen LogP contribution in [0.5, 0.6) is 5.75 Å². The minimum absolute atomic E-state index is 0.168. The van der Waals surface area contributed by atoms with Gasteiger partial charge in [0.15, 0.2) is 5.60 Å². The van der Waals surface area contributed by atoms with Gasteiger partial charge in [-0.25, -0.2) is 4.79 Å². The first-order chi connectivity index (χ1) is 18.7. The van der Waals surface area contributed by atoms with Gasteiger partial charge in [0.05, 0.1) is 11.6 Å². The third-order valence-electron chi connectivity index (χ3n) is 7.96. The molecular weight excluding hydrogens is 516 g/mol. The Labute approximate surface area is 236 Å². The lowest BCUT2D eigenvalue weighted by Gasteiger charge is -2.34. The molecule has 0 aromatic heterocycles. The van der Waals surface area contributed by atoms with Gasteiger partial charge in [0, 0.05) is 31.7 Å². The van der Waals surface area contributed by atoms with Crippen LogP contribution in [0.2, 0.25) is 5.02 Å². The number of nitrogens with zero attached hydrogens (tertiary/aromatic N) is 2. The molecular formula is C31H39ClN2O5. The molecule has 2 aromatic rings. The summed E-state index contributed by atoms with van der Waals surface area (Å²) >= 11 is 6.28. The molecule has 210 valence electrons. The molecule has 2 heterocycles. The number of aryl methyl sites for hydroxylation is 1. The normalized spacial score (nSPS) is 24.2. The predicted molar refractivity (Wildman–Crippen MR) is 153 cm³/mol. The molecule has 2 aromatic carbocycles. The molecule has 0 unspecified atom stereocenters. The Balaban J connectivity index is 1.79. The number of allylic oxidation sites excluding steroid dienone is 1. The number of carboxylic acid groups (broad SMARTS) is 1. The number of fused-ring (bicyclic) bond motifs is 2. The Bertz CT molecular complexity index is 1220. The van der Waals surface area contributed by atoms with Crippen LogP contribution in [0.1, 0.15) is 62.1 Å². The van der Waals surface area contributed by atoms with Crippen LogP contribution in [0.15, 0.2) is 48.6 Å². The van der Waals surface area contributed by atoms with Crippen molar-refractivity contribution >= 4 is 29.2 Å². The Hall–Kier alpha value is -3.03. The Kier molecular flexibility index (Phi) is 9.57. The van der Waals surface area contributed by atoms with E-state index in [4.69, 9.17) is 16.3 Å². The summed E-state index contributed by atoms with van der Waals surface area (Å²) in [6.45, 7) is 3.73. The van der Waals surface area contributed by atoms with Crippen molar-refractivity contribution in [2.45, 2.75) is 64.1 Å². The quantitative estimate of drug-likeness (QED) is 0.449. The highest BCUT2D eigenvalue weighted by molar-refractivity contribution is 6.30. The van der Waals surface area contributed by atoms with E-state index < -0.39 is 23.4 Å². The van der Waals surface area contributed by atoms with Gasteiger partial charge in [-0.1, -0.05) is 42.3 Å². The third-order valence-corrected chi connectivity index (χ3v) is 8.19. The Morgan fingerprint density at radius 2 is 1.79 bits per heavy atom. The average Bonchev–Trinajstić information content (AvgIpc) is 2.95. The van der Waals surface area contributed by atoms with Crippen molar-refractivity contribution in [3.63, 3.8) is 0 Å². The van der Waals surface area contributed by atoms with Gasteiger partial charge in [-0.15, -0.1) is 0 Å². The molecule has 0 saturated heterocycles. The summed E-state index contributed by atoms with van der Waals surface area (Å²) in [5.41, 5.74) is 0.743. The van der Waals surface area contributed by atoms with Crippen molar-refractivity contribution in [2.75, 3.05) is 31.6 Å². The summed E-state index contributed by atoms with van der Waals surface area (Å²) < 4.78 is 6.35. The van der Waals surface area contributed by atoms with E-state index in [1.54, 1.807) is 25.2 Å². The zero-order chi connectivity index (χ0) is 28.0. The predicted octanol–water partition coefficient (Wildman–Crippen LogP) is 5.56. The van der Waals surface area contributed by atoms with E-state index in [0.29, 0.717) is 23.9 Å². The number of aliphatic carboxylic acids is 1. The summed E-state index contributed by atoms with van der Waals surface area (Å²) in [6, 6.07) is 10.9. The first-order valence-corrected chi connectivity index (χ1v) is 14.2. The van der Waals surface area contributed by atoms with Crippen LogP contribution in [0.4, 0.5) is 5.69 Å². The van der Waals surface area contributed by atoms with Gasteiger partial charge in [0.1, 0.15) is 12.4 Å². The van der Waals surface area contributed by atoms with E-state index in [-0.39, 0.29) is 5.56 Å². The molecule has 2 atom stereocenters. The number of hydrogen-bond donors (Lipinski definition) is 2. The van der Waals surface area contributed by atoms with Crippen molar-refractivity contribution in [3.8, 4) is 5.75 Å². The maximum absolute atomic E-state index is 13.2. The number of carboxylic acids is 1. The number of halogens is 1. The van der Waals surface area contributed by atoms with E-state index >= 15 is 0 Å². The SMILES string of the molecule is C[C@@H]1C(=O)N(C)C/C=C\CCCCCN2CCCCc3cc(Cl)ccc3COc3ccc(cc32)[C@]1(O)C(=O)O. The van der Waals surface area contributed by atoms with Crippen LogP contribution in [0.25, 0.3) is 0 Å². The fourth-order valence-corrected chi connectivity index (χ4v) is 5.66. The number of hydrogen-bond acceptors (Lipinski definition) is 5. The number of benzene rings is 2. The lowest BCUT2D eigenvalue weighted by Crippen LogP contribution is -2.49. The Morgan fingerprint density at radius 3 is 2.56 bits per heavy atom. The standard InChI is InChI=1S/C31H39ClN2O5/c1-22-29(35)33(2)16-8-5-3-4-6-9-17-34-18-10-7-11-23-19-26(32)14-12-24(23)21-39-28-15-13-25(20-27(28)34)31(22,38)30(36)37/h5,8,12-15,19-20,22,38H,3-4,6-7,9-11,16-18,21H2,1-2H3,(H,36,37)/b8-5-/t22-,31+/m1/s1. The topological polar surface area (TPSA) is 90.3 Å². The first kappa shape index (κ1) is 29.0. The summed E-state index contributed by atoms with van der Waals surface area (Å²) in [6.07, 6.45) is 10.8. The minimum atomic E-state index is -2.40. The molecule has 0 aliphatic carbocycles. The lowest BCUT2D eigenvalue weighted by atomic mass is 9.81. The largest absolute Gasteiger partial charge is 0.487 e. The van der Waals surface area contributed by atoms with E-state index in [0.717, 1.165) is 69.3 Å². The summed E-state index contributed by atoms with van der Waals surface area (Å²) in [7, 11) is 1.63. The number of carbonyl (C=O) groups is 2. The molecule has 7 nitrogen and oxygen atoms in total. The molecule has 2 aliphatic heterocycles. The fourth-order valence-electron chi connectivity index (χ4n) is 5.47. The van der Waals surface area contributed by atoms with E-state index in [2.05, 4.69) is 11.0 Å². The number of rotatable bonds is 1. The second-order valence-electron chi connectivity index (χ2n) is 10.7. The molecule has 0 spiro atoms. The van der Waals surface area contributed by atoms with Gasteiger partial charge >= 0.3 is 5.97 Å². The summed E-state index contributed by atoms with van der Waals surface area (Å²) in [5, 5.41) is 22.6. The smallest absolute Gasteiger partial charge is 0.341 e. The number of likely N-dealkylation sites (N-methyl/N-ethyl adjacent to an activating group) is 1. The molecule has 0 fully saturated rings. The van der Waals surface area contributed by atoms with Crippen LogP contribution < -0.4 is 9.64 Å². The first-order valence-electron chi connectivity index (χ1n) is 13.9. The molecule has 8 heteroatoms. The van der Waals surface area contributed by atoms with E-state index in [1.807, 2.05) is 24.3 Å². The van der Waals surface area contributed by atoms with Crippen LogP contribution in [-0.2, 0) is 28.2 Å². The van der Waals surface area contributed by atoms with Crippen LogP contribution in [0.3, 0.4) is 0 Å². The monoisotopic (exact) mass is 554 g/mol. The van der Waals surface area contributed by atoms with Gasteiger partial charge in [-0.2, -0.15) is 0 Å². The number of ether oxygens (including phenoxy) is 1. The summed E-state index contributed by atoms with van der Waals surface area (Å²) in [5.74, 6) is -2.47. The van der Waals surface area contributed by atoms with Crippen molar-refractivity contribution in [1.82, 2.24) is 4.90 Å². The van der Waals surface area contributed by atoms with Gasteiger partial charge in [0.25, 0.3) is 0 Å². The summed E-state index contributed by atoms with van der Waals surface area (Å²) in [4.78, 5) is 29.5. The molecule has 39 heavy (non-hydrogen) atoms. The zero-order valence-electron chi connectivity index (χ0n) is 22.9. The molecule has 4 rings (SSSR count). The second kappa shape index (κ2) is 12.9.